The van der Waals surface area contributed by atoms with Crippen molar-refractivity contribution in [3.05, 3.63) is 40.3 Å². The lowest BCUT2D eigenvalue weighted by Gasteiger charge is -2.10. The van der Waals surface area contributed by atoms with Crippen LogP contribution in [0.1, 0.15) is 40.6 Å². The van der Waals surface area contributed by atoms with Crippen LogP contribution in [0.4, 0.5) is 11.5 Å². The molecule has 0 bridgehead atoms. The van der Waals surface area contributed by atoms with E-state index in [4.69, 9.17) is 10.5 Å². The minimum atomic E-state index is -0.383. The first kappa shape index (κ1) is 20.6. The van der Waals surface area contributed by atoms with Gasteiger partial charge in [0, 0.05) is 10.6 Å². The highest BCUT2D eigenvalue weighted by molar-refractivity contribution is 7.99. The van der Waals surface area contributed by atoms with Crippen molar-refractivity contribution < 1.29 is 14.3 Å². The number of nitrogen functional groups attached to an aromatic ring is 1. The molecule has 30 heavy (non-hydrogen) atoms. The maximum Gasteiger partial charge on any atom is 0.338 e. The summed E-state index contributed by atoms with van der Waals surface area (Å²) in [5.41, 5.74) is 8.58. The highest BCUT2D eigenvalue weighted by atomic mass is 32.2. The van der Waals surface area contributed by atoms with Gasteiger partial charge in [0.1, 0.15) is 10.6 Å². The molecule has 0 atom stereocenters. The van der Waals surface area contributed by atoms with Crippen LogP contribution in [-0.4, -0.2) is 34.2 Å². The van der Waals surface area contributed by atoms with Gasteiger partial charge in [-0.1, -0.05) is 11.8 Å². The van der Waals surface area contributed by atoms with E-state index in [1.807, 2.05) is 0 Å². The van der Waals surface area contributed by atoms with Gasteiger partial charge in [-0.15, -0.1) is 11.3 Å². The number of thiophene rings is 1. The number of carbonyl (C=O) groups is 2. The molecule has 0 saturated carbocycles. The Kier molecular flexibility index (Phi) is 6.19. The Labute approximate surface area is 182 Å². The van der Waals surface area contributed by atoms with Gasteiger partial charge in [0.25, 0.3) is 0 Å². The molecule has 4 rings (SSSR count). The molecule has 0 fully saturated rings. The van der Waals surface area contributed by atoms with Crippen LogP contribution in [0.5, 0.6) is 0 Å². The zero-order valence-corrected chi connectivity index (χ0v) is 18.2. The summed E-state index contributed by atoms with van der Waals surface area (Å²) < 4.78 is 4.95. The molecule has 3 aromatic rings. The second kappa shape index (κ2) is 9.01. The molecular weight excluding hydrogens is 420 g/mol. The lowest BCUT2D eigenvalue weighted by Crippen LogP contribution is -2.14. The minimum absolute atomic E-state index is 0.162. The van der Waals surface area contributed by atoms with E-state index >= 15 is 0 Å². The van der Waals surface area contributed by atoms with Gasteiger partial charge in [-0.05, 0) is 62.4 Å². The second-order valence-electron chi connectivity index (χ2n) is 6.92. The van der Waals surface area contributed by atoms with Gasteiger partial charge in [-0.25, -0.2) is 14.8 Å². The van der Waals surface area contributed by atoms with Crippen molar-refractivity contribution >= 4 is 56.7 Å². The molecule has 1 aromatic carbocycles. The lowest BCUT2D eigenvalue weighted by atomic mass is 9.97. The van der Waals surface area contributed by atoms with Crippen LogP contribution in [0.2, 0.25) is 0 Å². The standard InChI is InChI=1S/C21H22N4O3S2/c1-2-28-20(27)12-7-9-13(10-8-12)23-16(26)11-29-21-24-18(22)17-14-5-3-4-6-15(14)30-19(17)25-21/h7-10H,2-6,11H2,1H3,(H,23,26)(H2,22,24,25). The summed E-state index contributed by atoms with van der Waals surface area (Å²) in [5.74, 6) is 0.0927. The topological polar surface area (TPSA) is 107 Å². The maximum atomic E-state index is 12.3. The number of ether oxygens (including phenoxy) is 1. The van der Waals surface area contributed by atoms with Crippen molar-refractivity contribution in [3.8, 4) is 0 Å². The van der Waals surface area contributed by atoms with E-state index in [1.54, 1.807) is 42.5 Å². The predicted octanol–water partition coefficient (Wildman–Crippen LogP) is 4.06. The smallest absolute Gasteiger partial charge is 0.338 e. The average molecular weight is 443 g/mol. The first-order valence-electron chi connectivity index (χ1n) is 9.82. The predicted molar refractivity (Wildman–Crippen MR) is 120 cm³/mol. The molecule has 7 nitrogen and oxygen atoms in total. The van der Waals surface area contributed by atoms with E-state index in [0.29, 0.717) is 28.8 Å². The highest BCUT2D eigenvalue weighted by Crippen LogP contribution is 2.38. The third kappa shape index (κ3) is 4.41. The SMILES string of the molecule is CCOC(=O)c1ccc(NC(=O)CSc2nc(N)c3c4c(sc3n2)CCCC4)cc1. The van der Waals surface area contributed by atoms with Gasteiger partial charge in [0.15, 0.2) is 5.16 Å². The molecule has 0 unspecified atom stereocenters. The van der Waals surface area contributed by atoms with Crippen molar-refractivity contribution in [3.63, 3.8) is 0 Å². The fourth-order valence-corrected chi connectivity index (χ4v) is 5.44. The Bertz CT molecular complexity index is 1100. The Morgan fingerprint density at radius 3 is 2.73 bits per heavy atom. The van der Waals surface area contributed by atoms with E-state index in [2.05, 4.69) is 15.3 Å². The van der Waals surface area contributed by atoms with Gasteiger partial charge in [0.05, 0.1) is 23.3 Å². The van der Waals surface area contributed by atoms with Crippen LogP contribution in [-0.2, 0) is 22.4 Å². The monoisotopic (exact) mass is 442 g/mol. The number of thioether (sulfide) groups is 1. The van der Waals surface area contributed by atoms with Gasteiger partial charge in [-0.3, -0.25) is 4.79 Å². The number of benzene rings is 1. The number of nitrogens with two attached hydrogens (primary N) is 1. The third-order valence-corrected chi connectivity index (χ3v) is 6.87. The molecular formula is C21H22N4O3S2. The largest absolute Gasteiger partial charge is 0.462 e. The van der Waals surface area contributed by atoms with Crippen LogP contribution in [0.3, 0.4) is 0 Å². The minimum Gasteiger partial charge on any atom is -0.462 e. The molecule has 9 heteroatoms. The van der Waals surface area contributed by atoms with E-state index in [-0.39, 0.29) is 17.6 Å². The maximum absolute atomic E-state index is 12.3. The number of nitrogens with one attached hydrogen (secondary N) is 1. The lowest BCUT2D eigenvalue weighted by molar-refractivity contribution is -0.113. The summed E-state index contributed by atoms with van der Waals surface area (Å²) in [6, 6.07) is 6.59. The van der Waals surface area contributed by atoms with Gasteiger partial charge < -0.3 is 15.8 Å². The number of aryl methyl sites for hydroxylation is 2. The molecule has 1 amide bonds. The summed E-state index contributed by atoms with van der Waals surface area (Å²) in [5, 5.41) is 4.30. The number of anilines is 2. The van der Waals surface area contributed by atoms with Crippen molar-refractivity contribution in [2.45, 2.75) is 37.8 Å². The molecule has 0 saturated heterocycles. The molecule has 0 aliphatic heterocycles. The molecule has 3 N–H and O–H groups in total. The number of hydrogen-bond donors (Lipinski definition) is 2. The summed E-state index contributed by atoms with van der Waals surface area (Å²) in [7, 11) is 0. The highest BCUT2D eigenvalue weighted by Gasteiger charge is 2.20. The van der Waals surface area contributed by atoms with Crippen LogP contribution >= 0.6 is 23.1 Å². The Hall–Kier alpha value is -2.65. The van der Waals surface area contributed by atoms with Crippen molar-refractivity contribution in [1.29, 1.82) is 0 Å². The van der Waals surface area contributed by atoms with Crippen molar-refractivity contribution in [1.82, 2.24) is 9.97 Å². The second-order valence-corrected chi connectivity index (χ2v) is 8.94. The average Bonchev–Trinajstić information content (AvgIpc) is 3.12. The molecule has 2 heterocycles. The Morgan fingerprint density at radius 1 is 1.20 bits per heavy atom. The van der Waals surface area contributed by atoms with Crippen LogP contribution in [0, 0.1) is 0 Å². The third-order valence-electron chi connectivity index (χ3n) is 4.83. The van der Waals surface area contributed by atoms with Crippen LogP contribution < -0.4 is 11.1 Å². The van der Waals surface area contributed by atoms with E-state index in [9.17, 15) is 9.59 Å². The number of esters is 1. The van der Waals surface area contributed by atoms with Gasteiger partial charge in [0.2, 0.25) is 5.91 Å². The Morgan fingerprint density at radius 2 is 1.97 bits per heavy atom. The number of nitrogens with zero attached hydrogens (tertiary/aromatic N) is 2. The fraction of sp³-hybridized carbons (Fsp3) is 0.333. The number of aromatic nitrogens is 2. The van der Waals surface area contributed by atoms with Crippen molar-refractivity contribution in [2.24, 2.45) is 0 Å². The zero-order valence-electron chi connectivity index (χ0n) is 16.6. The fourth-order valence-electron chi connectivity index (χ4n) is 3.46. The summed E-state index contributed by atoms with van der Waals surface area (Å²) >= 11 is 2.94. The number of hydrogen-bond acceptors (Lipinski definition) is 8. The summed E-state index contributed by atoms with van der Waals surface area (Å²) in [6.45, 7) is 2.08. The summed E-state index contributed by atoms with van der Waals surface area (Å²) in [4.78, 5) is 35.3. The molecule has 1 aliphatic rings. The molecule has 0 spiro atoms. The molecule has 2 aromatic heterocycles. The normalized spacial score (nSPS) is 13.1. The van der Waals surface area contributed by atoms with Gasteiger partial charge in [-0.2, -0.15) is 0 Å². The Balaban J connectivity index is 1.39. The number of fused-ring (bicyclic) bond motifs is 3. The molecule has 156 valence electrons. The number of carbonyl (C=O) groups excluding carboxylic acids is 2. The van der Waals surface area contributed by atoms with E-state index < -0.39 is 0 Å². The quantitative estimate of drug-likeness (QED) is 0.337. The number of amides is 1. The zero-order chi connectivity index (χ0) is 21.1. The van der Waals surface area contributed by atoms with Crippen LogP contribution in [0.15, 0.2) is 29.4 Å². The molecule has 0 radical (unpaired) electrons. The van der Waals surface area contributed by atoms with Crippen LogP contribution in [0.25, 0.3) is 10.2 Å². The number of rotatable bonds is 6. The first-order valence-corrected chi connectivity index (χ1v) is 11.6. The first-order chi connectivity index (χ1) is 14.5. The van der Waals surface area contributed by atoms with Gasteiger partial charge >= 0.3 is 5.97 Å². The van der Waals surface area contributed by atoms with E-state index in [0.717, 1.165) is 23.1 Å². The van der Waals surface area contributed by atoms with Crippen molar-refractivity contribution in [2.75, 3.05) is 23.4 Å². The molecule has 1 aliphatic carbocycles. The van der Waals surface area contributed by atoms with E-state index in [1.165, 1.54) is 35.0 Å². The summed E-state index contributed by atoms with van der Waals surface area (Å²) in [6.07, 6.45) is 4.49.